The number of hydrogen-bond donors (Lipinski definition) is 0. The van der Waals surface area contributed by atoms with Crippen LogP contribution in [0.2, 0.25) is 0 Å². The van der Waals surface area contributed by atoms with Gasteiger partial charge in [-0.05, 0) is 31.7 Å². The van der Waals surface area contributed by atoms with Crippen molar-refractivity contribution in [1.29, 1.82) is 0 Å². The molecule has 92 valence electrons. The molecule has 0 bridgehead atoms. The number of Topliss-reactive ketones (excluding diaryl/α,β-unsaturated/α-hetero) is 1. The van der Waals surface area contributed by atoms with Gasteiger partial charge in [-0.1, -0.05) is 29.8 Å². The molecule has 0 saturated carbocycles. The molecule has 0 aliphatic carbocycles. The second-order valence-corrected chi connectivity index (χ2v) is 4.87. The van der Waals surface area contributed by atoms with Crippen molar-refractivity contribution >= 4 is 5.78 Å². The van der Waals surface area contributed by atoms with Crippen molar-refractivity contribution in [2.45, 2.75) is 32.6 Å². The van der Waals surface area contributed by atoms with Gasteiger partial charge in [0.1, 0.15) is 5.78 Å². The van der Waals surface area contributed by atoms with Crippen molar-refractivity contribution in [2.75, 3.05) is 13.2 Å². The number of benzene rings is 1. The molecular formula is C15H20O2. The summed E-state index contributed by atoms with van der Waals surface area (Å²) in [6.45, 7) is 3.54. The first kappa shape index (κ1) is 12.3. The minimum absolute atomic E-state index is 0.147. The van der Waals surface area contributed by atoms with Crippen LogP contribution in [0.4, 0.5) is 0 Å². The van der Waals surface area contributed by atoms with Crippen LogP contribution in [0.15, 0.2) is 24.3 Å². The van der Waals surface area contributed by atoms with Gasteiger partial charge in [0.05, 0.1) is 6.61 Å². The summed E-state index contributed by atoms with van der Waals surface area (Å²) >= 11 is 0. The Morgan fingerprint density at radius 3 is 3.06 bits per heavy atom. The predicted octanol–water partition coefficient (Wildman–Crippen LogP) is 2.92. The topological polar surface area (TPSA) is 26.3 Å². The largest absolute Gasteiger partial charge is 0.381 e. The fourth-order valence-electron chi connectivity index (χ4n) is 2.33. The number of carbonyl (C=O) groups is 1. The SMILES string of the molecule is Cc1cccc(CCC(=O)C2CCCOC2)c1. The zero-order chi connectivity index (χ0) is 12.1. The van der Waals surface area contributed by atoms with Crippen LogP contribution in [0, 0.1) is 12.8 Å². The zero-order valence-electron chi connectivity index (χ0n) is 10.4. The molecule has 0 radical (unpaired) electrons. The summed E-state index contributed by atoms with van der Waals surface area (Å²) in [5.41, 5.74) is 2.52. The summed E-state index contributed by atoms with van der Waals surface area (Å²) in [7, 11) is 0. The van der Waals surface area contributed by atoms with Gasteiger partial charge in [0.2, 0.25) is 0 Å². The molecule has 0 spiro atoms. The Labute approximate surface area is 103 Å². The first-order valence-corrected chi connectivity index (χ1v) is 6.42. The van der Waals surface area contributed by atoms with E-state index < -0.39 is 0 Å². The Morgan fingerprint density at radius 2 is 2.35 bits per heavy atom. The minimum Gasteiger partial charge on any atom is -0.381 e. The second-order valence-electron chi connectivity index (χ2n) is 4.87. The van der Waals surface area contributed by atoms with Crippen LogP contribution in [0.1, 0.15) is 30.4 Å². The van der Waals surface area contributed by atoms with E-state index in [1.54, 1.807) is 0 Å². The van der Waals surface area contributed by atoms with Crippen molar-refractivity contribution in [2.24, 2.45) is 5.92 Å². The van der Waals surface area contributed by atoms with Crippen LogP contribution in [-0.2, 0) is 16.0 Å². The number of carbonyl (C=O) groups excluding carboxylic acids is 1. The normalized spacial score (nSPS) is 20.2. The van der Waals surface area contributed by atoms with Gasteiger partial charge < -0.3 is 4.74 Å². The average molecular weight is 232 g/mol. The lowest BCUT2D eigenvalue weighted by Crippen LogP contribution is -2.25. The molecule has 1 unspecified atom stereocenters. The number of rotatable bonds is 4. The van der Waals surface area contributed by atoms with Crippen LogP contribution in [-0.4, -0.2) is 19.0 Å². The summed E-state index contributed by atoms with van der Waals surface area (Å²) in [5, 5.41) is 0. The molecule has 0 aromatic heterocycles. The number of ketones is 1. The van der Waals surface area contributed by atoms with Crippen LogP contribution in [0.5, 0.6) is 0 Å². The van der Waals surface area contributed by atoms with E-state index in [9.17, 15) is 4.79 Å². The highest BCUT2D eigenvalue weighted by Crippen LogP contribution is 2.17. The monoisotopic (exact) mass is 232 g/mol. The van der Waals surface area contributed by atoms with Gasteiger partial charge in [-0.25, -0.2) is 0 Å². The predicted molar refractivity (Wildman–Crippen MR) is 68.1 cm³/mol. The smallest absolute Gasteiger partial charge is 0.138 e. The van der Waals surface area contributed by atoms with Gasteiger partial charge in [-0.15, -0.1) is 0 Å². The number of aryl methyl sites for hydroxylation is 2. The van der Waals surface area contributed by atoms with Gasteiger partial charge in [0.15, 0.2) is 0 Å². The second kappa shape index (κ2) is 5.97. The van der Waals surface area contributed by atoms with Crippen molar-refractivity contribution in [3.8, 4) is 0 Å². The van der Waals surface area contributed by atoms with Crippen molar-refractivity contribution in [1.82, 2.24) is 0 Å². The van der Waals surface area contributed by atoms with E-state index >= 15 is 0 Å². The molecule has 1 aliphatic rings. The van der Waals surface area contributed by atoms with Gasteiger partial charge in [0.25, 0.3) is 0 Å². The standard InChI is InChI=1S/C15H20O2/c1-12-4-2-5-13(10-12)7-8-15(16)14-6-3-9-17-11-14/h2,4-5,10,14H,3,6-9,11H2,1H3. The van der Waals surface area contributed by atoms with Gasteiger partial charge >= 0.3 is 0 Å². The molecule has 0 N–H and O–H groups in total. The Hall–Kier alpha value is -1.15. The molecule has 2 heteroatoms. The molecule has 1 fully saturated rings. The van der Waals surface area contributed by atoms with Gasteiger partial charge in [0, 0.05) is 18.9 Å². The molecule has 1 atom stereocenters. The van der Waals surface area contributed by atoms with Crippen LogP contribution < -0.4 is 0 Å². The average Bonchev–Trinajstić information content (AvgIpc) is 2.37. The Morgan fingerprint density at radius 1 is 1.47 bits per heavy atom. The summed E-state index contributed by atoms with van der Waals surface area (Å²) < 4.78 is 5.35. The van der Waals surface area contributed by atoms with E-state index in [1.165, 1.54) is 11.1 Å². The quantitative estimate of drug-likeness (QED) is 0.798. The summed E-state index contributed by atoms with van der Waals surface area (Å²) in [6, 6.07) is 8.39. The summed E-state index contributed by atoms with van der Waals surface area (Å²) in [6.07, 6.45) is 3.54. The molecule has 1 heterocycles. The molecule has 0 amide bonds. The third-order valence-electron chi connectivity index (χ3n) is 3.36. The van der Waals surface area contributed by atoms with E-state index in [4.69, 9.17) is 4.74 Å². The van der Waals surface area contributed by atoms with Crippen LogP contribution in [0.25, 0.3) is 0 Å². The Kier molecular flexibility index (Phi) is 4.32. The molecule has 1 saturated heterocycles. The van der Waals surface area contributed by atoms with Crippen molar-refractivity contribution in [3.05, 3.63) is 35.4 Å². The fraction of sp³-hybridized carbons (Fsp3) is 0.533. The molecule has 17 heavy (non-hydrogen) atoms. The zero-order valence-corrected chi connectivity index (χ0v) is 10.4. The lowest BCUT2D eigenvalue weighted by Gasteiger charge is -2.20. The maximum Gasteiger partial charge on any atom is 0.138 e. The highest BCUT2D eigenvalue weighted by Gasteiger charge is 2.20. The van der Waals surface area contributed by atoms with E-state index in [-0.39, 0.29) is 5.92 Å². The molecular weight excluding hydrogens is 212 g/mol. The fourth-order valence-corrected chi connectivity index (χ4v) is 2.33. The first-order chi connectivity index (χ1) is 8.25. The Bertz CT molecular complexity index is 378. The maximum absolute atomic E-state index is 12.0. The highest BCUT2D eigenvalue weighted by molar-refractivity contribution is 5.81. The van der Waals surface area contributed by atoms with Crippen molar-refractivity contribution in [3.63, 3.8) is 0 Å². The molecule has 1 aliphatic heterocycles. The van der Waals surface area contributed by atoms with Crippen LogP contribution in [0.3, 0.4) is 0 Å². The minimum atomic E-state index is 0.147. The van der Waals surface area contributed by atoms with E-state index in [1.807, 2.05) is 0 Å². The molecule has 2 nitrogen and oxygen atoms in total. The van der Waals surface area contributed by atoms with Gasteiger partial charge in [-0.2, -0.15) is 0 Å². The van der Waals surface area contributed by atoms with Gasteiger partial charge in [-0.3, -0.25) is 4.79 Å². The molecule has 1 aromatic carbocycles. The lowest BCUT2D eigenvalue weighted by molar-refractivity contribution is -0.126. The third-order valence-corrected chi connectivity index (χ3v) is 3.36. The number of ether oxygens (including phenoxy) is 1. The molecule has 2 rings (SSSR count). The van der Waals surface area contributed by atoms with E-state index in [2.05, 4.69) is 31.2 Å². The molecule has 1 aromatic rings. The van der Waals surface area contributed by atoms with Crippen molar-refractivity contribution < 1.29 is 9.53 Å². The lowest BCUT2D eigenvalue weighted by atomic mass is 9.93. The maximum atomic E-state index is 12.0. The van der Waals surface area contributed by atoms with Crippen LogP contribution >= 0.6 is 0 Å². The third kappa shape index (κ3) is 3.67. The Balaban J connectivity index is 1.83. The van der Waals surface area contributed by atoms with E-state index in [0.29, 0.717) is 18.8 Å². The number of hydrogen-bond acceptors (Lipinski definition) is 2. The van der Waals surface area contributed by atoms with E-state index in [0.717, 1.165) is 25.9 Å². The first-order valence-electron chi connectivity index (χ1n) is 6.42. The highest BCUT2D eigenvalue weighted by atomic mass is 16.5. The summed E-state index contributed by atoms with van der Waals surface area (Å²) in [4.78, 5) is 12.0. The summed E-state index contributed by atoms with van der Waals surface area (Å²) in [5.74, 6) is 0.514.